The van der Waals surface area contributed by atoms with Crippen molar-refractivity contribution in [1.82, 2.24) is 4.90 Å². The highest BCUT2D eigenvalue weighted by atomic mass is 16.6. The lowest BCUT2D eigenvalue weighted by Crippen LogP contribution is -2.21. The fourth-order valence-electron chi connectivity index (χ4n) is 3.29. The molecule has 3 aromatic rings. The van der Waals surface area contributed by atoms with E-state index in [0.29, 0.717) is 6.61 Å². The number of ether oxygens (including phenoxy) is 1. The van der Waals surface area contributed by atoms with Gasteiger partial charge in [-0.2, -0.15) is 0 Å². The zero-order chi connectivity index (χ0) is 17.1. The zero-order valence-corrected chi connectivity index (χ0v) is 13.8. The van der Waals surface area contributed by atoms with Crippen LogP contribution < -0.4 is 0 Å². The molecule has 0 aromatic heterocycles. The summed E-state index contributed by atoms with van der Waals surface area (Å²) in [7, 11) is 0. The Labute approximate surface area is 147 Å². The largest absolute Gasteiger partial charge is 0.447 e. The minimum absolute atomic E-state index is 0.0579. The SMILES string of the molecule is O=C1OCC(c2ccccc2)N1C=CCc1cccc2ccccc12. The number of carbonyl (C=O) groups is 1. The molecule has 25 heavy (non-hydrogen) atoms. The van der Waals surface area contributed by atoms with Crippen LogP contribution in [0.1, 0.15) is 17.2 Å². The van der Waals surface area contributed by atoms with Gasteiger partial charge in [0.2, 0.25) is 0 Å². The summed E-state index contributed by atoms with van der Waals surface area (Å²) in [6, 6.07) is 24.6. The van der Waals surface area contributed by atoms with Gasteiger partial charge in [-0.1, -0.05) is 78.9 Å². The van der Waals surface area contributed by atoms with E-state index < -0.39 is 0 Å². The Kier molecular flexibility index (Phi) is 4.21. The lowest BCUT2D eigenvalue weighted by molar-refractivity contribution is 0.166. The smallest absolute Gasteiger partial charge is 0.414 e. The second kappa shape index (κ2) is 6.81. The number of carbonyl (C=O) groups excluding carboxylic acids is 1. The summed E-state index contributed by atoms with van der Waals surface area (Å²) in [6.07, 6.45) is 4.37. The fourth-order valence-corrected chi connectivity index (χ4v) is 3.29. The van der Waals surface area contributed by atoms with Gasteiger partial charge in [-0.3, -0.25) is 4.90 Å². The van der Waals surface area contributed by atoms with Gasteiger partial charge in [-0.15, -0.1) is 0 Å². The Bertz CT molecular complexity index is 912. The molecule has 1 fully saturated rings. The molecule has 124 valence electrons. The minimum atomic E-state index is -0.289. The first-order valence-corrected chi connectivity index (χ1v) is 8.46. The predicted molar refractivity (Wildman–Crippen MR) is 99.2 cm³/mol. The van der Waals surface area contributed by atoms with Crippen LogP contribution >= 0.6 is 0 Å². The summed E-state index contributed by atoms with van der Waals surface area (Å²) < 4.78 is 5.24. The van der Waals surface area contributed by atoms with Gasteiger partial charge in [0, 0.05) is 6.20 Å². The number of amides is 1. The third-order valence-electron chi connectivity index (χ3n) is 4.58. The maximum atomic E-state index is 12.1. The molecule has 0 bridgehead atoms. The van der Waals surface area contributed by atoms with E-state index in [1.54, 1.807) is 4.90 Å². The summed E-state index contributed by atoms with van der Waals surface area (Å²) in [5.41, 5.74) is 2.33. The third-order valence-corrected chi connectivity index (χ3v) is 4.58. The number of fused-ring (bicyclic) bond motifs is 1. The molecule has 0 aliphatic carbocycles. The highest BCUT2D eigenvalue weighted by Gasteiger charge is 2.32. The van der Waals surface area contributed by atoms with Crippen LogP contribution in [0.4, 0.5) is 4.79 Å². The highest BCUT2D eigenvalue weighted by Crippen LogP contribution is 2.28. The van der Waals surface area contributed by atoms with E-state index in [4.69, 9.17) is 4.74 Å². The van der Waals surface area contributed by atoms with Crippen molar-refractivity contribution < 1.29 is 9.53 Å². The molecule has 1 aliphatic heterocycles. The first-order chi connectivity index (χ1) is 12.3. The molecule has 1 unspecified atom stereocenters. The van der Waals surface area contributed by atoms with E-state index in [1.165, 1.54) is 16.3 Å². The summed E-state index contributed by atoms with van der Waals surface area (Å²) in [5.74, 6) is 0. The predicted octanol–water partition coefficient (Wildman–Crippen LogP) is 5.09. The Hall–Kier alpha value is -3.07. The molecule has 1 heterocycles. The molecule has 3 nitrogen and oxygen atoms in total. The van der Waals surface area contributed by atoms with Gasteiger partial charge in [0.1, 0.15) is 6.61 Å². The van der Waals surface area contributed by atoms with Crippen LogP contribution in [0, 0.1) is 0 Å². The molecular formula is C22H19NO2. The van der Waals surface area contributed by atoms with Crippen molar-refractivity contribution >= 4 is 16.9 Å². The fraction of sp³-hybridized carbons (Fsp3) is 0.136. The maximum Gasteiger partial charge on any atom is 0.414 e. The lowest BCUT2D eigenvalue weighted by Gasteiger charge is -2.17. The number of rotatable bonds is 4. The van der Waals surface area contributed by atoms with E-state index in [9.17, 15) is 4.79 Å². The molecule has 1 atom stereocenters. The Morgan fingerprint density at radius 2 is 1.72 bits per heavy atom. The Morgan fingerprint density at radius 3 is 2.60 bits per heavy atom. The van der Waals surface area contributed by atoms with Crippen molar-refractivity contribution in [2.24, 2.45) is 0 Å². The molecule has 0 spiro atoms. The molecule has 1 aliphatic rings. The van der Waals surface area contributed by atoms with Crippen LogP contribution in [0.15, 0.2) is 85.1 Å². The molecular weight excluding hydrogens is 310 g/mol. The zero-order valence-electron chi connectivity index (χ0n) is 13.8. The van der Waals surface area contributed by atoms with Crippen molar-refractivity contribution in [3.8, 4) is 0 Å². The normalized spacial score (nSPS) is 17.4. The van der Waals surface area contributed by atoms with E-state index in [1.807, 2.05) is 48.7 Å². The summed E-state index contributed by atoms with van der Waals surface area (Å²) >= 11 is 0. The van der Waals surface area contributed by atoms with E-state index in [0.717, 1.165) is 12.0 Å². The number of cyclic esters (lactones) is 1. The quantitative estimate of drug-likeness (QED) is 0.667. The van der Waals surface area contributed by atoms with Gasteiger partial charge in [-0.25, -0.2) is 4.79 Å². The van der Waals surface area contributed by atoms with Crippen LogP contribution in [0.2, 0.25) is 0 Å². The monoisotopic (exact) mass is 329 g/mol. The first-order valence-electron chi connectivity index (χ1n) is 8.46. The van der Waals surface area contributed by atoms with Gasteiger partial charge in [0.25, 0.3) is 0 Å². The molecule has 3 heteroatoms. The molecule has 0 N–H and O–H groups in total. The number of allylic oxidation sites excluding steroid dienone is 1. The standard InChI is InChI=1S/C22H19NO2/c24-22-23(21(16-25-22)19-9-2-1-3-10-19)15-7-13-18-12-6-11-17-8-4-5-14-20(17)18/h1-12,14-15,21H,13,16H2. The number of hydrogen-bond acceptors (Lipinski definition) is 2. The molecule has 0 saturated carbocycles. The van der Waals surface area contributed by atoms with Crippen LogP contribution in [-0.4, -0.2) is 17.6 Å². The van der Waals surface area contributed by atoms with Gasteiger partial charge >= 0.3 is 6.09 Å². The van der Waals surface area contributed by atoms with Gasteiger partial charge in [-0.05, 0) is 28.3 Å². The summed E-state index contributed by atoms with van der Waals surface area (Å²) in [4.78, 5) is 13.7. The number of hydrogen-bond donors (Lipinski definition) is 0. The topological polar surface area (TPSA) is 29.5 Å². The second-order valence-corrected chi connectivity index (χ2v) is 6.14. The second-order valence-electron chi connectivity index (χ2n) is 6.14. The molecule has 0 radical (unpaired) electrons. The molecule has 3 aromatic carbocycles. The van der Waals surface area contributed by atoms with Crippen LogP contribution in [0.5, 0.6) is 0 Å². The average Bonchev–Trinajstić information content (AvgIpc) is 3.03. The lowest BCUT2D eigenvalue weighted by atomic mass is 10.0. The van der Waals surface area contributed by atoms with Crippen LogP contribution in [0.25, 0.3) is 10.8 Å². The Morgan fingerprint density at radius 1 is 0.960 bits per heavy atom. The maximum absolute atomic E-state index is 12.1. The number of nitrogens with zero attached hydrogens (tertiary/aromatic N) is 1. The Balaban J connectivity index is 1.55. The van der Waals surface area contributed by atoms with Crippen LogP contribution in [-0.2, 0) is 11.2 Å². The minimum Gasteiger partial charge on any atom is -0.447 e. The van der Waals surface area contributed by atoms with Crippen molar-refractivity contribution in [2.75, 3.05) is 6.61 Å². The number of benzene rings is 3. The molecule has 4 rings (SSSR count). The average molecular weight is 329 g/mol. The van der Waals surface area contributed by atoms with E-state index >= 15 is 0 Å². The van der Waals surface area contributed by atoms with Gasteiger partial charge in [0.05, 0.1) is 6.04 Å². The first kappa shape index (κ1) is 15.5. The van der Waals surface area contributed by atoms with E-state index in [2.05, 4.69) is 36.4 Å². The van der Waals surface area contributed by atoms with E-state index in [-0.39, 0.29) is 12.1 Å². The van der Waals surface area contributed by atoms with Crippen LogP contribution in [0.3, 0.4) is 0 Å². The van der Waals surface area contributed by atoms with Crippen molar-refractivity contribution in [1.29, 1.82) is 0 Å². The van der Waals surface area contributed by atoms with Gasteiger partial charge < -0.3 is 4.74 Å². The third kappa shape index (κ3) is 3.13. The van der Waals surface area contributed by atoms with Crippen molar-refractivity contribution in [3.05, 3.63) is 96.2 Å². The summed E-state index contributed by atoms with van der Waals surface area (Å²) in [5, 5.41) is 2.48. The van der Waals surface area contributed by atoms with Crippen molar-refractivity contribution in [3.63, 3.8) is 0 Å². The molecule has 1 saturated heterocycles. The molecule has 1 amide bonds. The summed E-state index contributed by atoms with van der Waals surface area (Å²) in [6.45, 7) is 0.390. The highest BCUT2D eigenvalue weighted by molar-refractivity contribution is 5.85. The van der Waals surface area contributed by atoms with Crippen molar-refractivity contribution in [2.45, 2.75) is 12.5 Å². The van der Waals surface area contributed by atoms with Gasteiger partial charge in [0.15, 0.2) is 0 Å².